The summed E-state index contributed by atoms with van der Waals surface area (Å²) in [6.07, 6.45) is 1.70. The van der Waals surface area contributed by atoms with Crippen LogP contribution in [-0.2, 0) is 26.2 Å². The molecule has 0 amide bonds. The number of hydrogen-bond acceptors (Lipinski definition) is 3. The van der Waals surface area contributed by atoms with Gasteiger partial charge in [0.25, 0.3) is 0 Å². The van der Waals surface area contributed by atoms with Crippen molar-refractivity contribution < 1.29 is 8.81 Å². The van der Waals surface area contributed by atoms with E-state index in [9.17, 15) is 4.39 Å². The van der Waals surface area contributed by atoms with Crippen LogP contribution >= 0.6 is 0 Å². The fourth-order valence-electron chi connectivity index (χ4n) is 3.12. The molecular weight excluding hydrogens is 367 g/mol. The molecule has 0 aliphatic carbocycles. The van der Waals surface area contributed by atoms with E-state index >= 15 is 0 Å². The lowest BCUT2D eigenvalue weighted by atomic mass is 10.1. The minimum absolute atomic E-state index is 0.222. The second-order valence-electron chi connectivity index (χ2n) is 6.89. The van der Waals surface area contributed by atoms with E-state index < -0.39 is 0 Å². The first-order chi connectivity index (χ1) is 14.2. The molecule has 0 spiro atoms. The minimum Gasteiger partial charge on any atom is -0.468 e. The van der Waals surface area contributed by atoms with Crippen molar-refractivity contribution in [3.63, 3.8) is 0 Å². The molecule has 0 fully saturated rings. The quantitative estimate of drug-likeness (QED) is 0.449. The number of benzene rings is 2. The third-order valence-electron chi connectivity index (χ3n) is 4.64. The molecule has 0 bridgehead atoms. The Morgan fingerprint density at radius 2 is 1.55 bits per heavy atom. The van der Waals surface area contributed by atoms with E-state index in [1.807, 2.05) is 30.3 Å². The average Bonchev–Trinajstić information content (AvgIpc) is 3.23. The largest absolute Gasteiger partial charge is 0.468 e. The Kier molecular flexibility index (Phi) is 7.41. The summed E-state index contributed by atoms with van der Waals surface area (Å²) < 4.78 is 19.2. The second kappa shape index (κ2) is 10.4. The molecule has 0 unspecified atom stereocenters. The summed E-state index contributed by atoms with van der Waals surface area (Å²) in [4.78, 5) is 6.45. The third kappa shape index (κ3) is 6.19. The fraction of sp³-hybridized carbons (Fsp3) is 0.261. The highest BCUT2D eigenvalue weighted by molar-refractivity contribution is 5.79. The van der Waals surface area contributed by atoms with E-state index in [1.165, 1.54) is 17.2 Å². The first-order valence-corrected chi connectivity index (χ1v) is 9.61. The van der Waals surface area contributed by atoms with Crippen molar-refractivity contribution in [1.82, 2.24) is 15.5 Å². The molecule has 1 aromatic heterocycles. The molecular formula is C23H27FN4O. The normalized spacial score (nSPS) is 11.7. The van der Waals surface area contributed by atoms with Gasteiger partial charge in [-0.1, -0.05) is 42.5 Å². The number of aliphatic imine (C=N–C) groups is 1. The number of nitrogens with one attached hydrogen (secondary N) is 2. The van der Waals surface area contributed by atoms with Crippen LogP contribution in [0.4, 0.5) is 4.39 Å². The Hall–Kier alpha value is -3.12. The average molecular weight is 394 g/mol. The summed E-state index contributed by atoms with van der Waals surface area (Å²) in [5.41, 5.74) is 3.03. The minimum atomic E-state index is -0.222. The number of rotatable bonds is 8. The molecule has 0 aliphatic rings. The summed E-state index contributed by atoms with van der Waals surface area (Å²) in [7, 11) is 3.78. The number of guanidine groups is 1. The highest BCUT2D eigenvalue weighted by atomic mass is 19.1. The van der Waals surface area contributed by atoms with Crippen LogP contribution < -0.4 is 10.6 Å². The van der Waals surface area contributed by atoms with Gasteiger partial charge < -0.3 is 15.1 Å². The second-order valence-corrected chi connectivity index (χ2v) is 6.89. The predicted molar refractivity (Wildman–Crippen MR) is 114 cm³/mol. The molecule has 0 aliphatic heterocycles. The van der Waals surface area contributed by atoms with Gasteiger partial charge in [0.2, 0.25) is 0 Å². The van der Waals surface area contributed by atoms with Crippen LogP contribution in [0.25, 0.3) is 0 Å². The van der Waals surface area contributed by atoms with E-state index in [1.54, 1.807) is 25.4 Å². The maximum atomic E-state index is 13.8. The first kappa shape index (κ1) is 20.6. The lowest BCUT2D eigenvalue weighted by molar-refractivity contribution is 0.287. The Morgan fingerprint density at radius 3 is 2.21 bits per heavy atom. The topological polar surface area (TPSA) is 52.8 Å². The molecule has 0 saturated heterocycles. The smallest absolute Gasteiger partial charge is 0.191 e. The van der Waals surface area contributed by atoms with Crippen LogP contribution in [0.15, 0.2) is 76.3 Å². The van der Waals surface area contributed by atoms with Crippen LogP contribution in [0, 0.1) is 5.82 Å². The van der Waals surface area contributed by atoms with Gasteiger partial charge in [0, 0.05) is 32.2 Å². The van der Waals surface area contributed by atoms with Crippen molar-refractivity contribution in [3.05, 3.63) is 95.2 Å². The molecule has 0 saturated carbocycles. The third-order valence-corrected chi connectivity index (χ3v) is 4.64. The van der Waals surface area contributed by atoms with Crippen molar-refractivity contribution in [2.45, 2.75) is 26.2 Å². The standard InChI is InChI=1S/C23H27FN4O/c1-25-23(27-15-19-9-5-6-12-22(19)24)26-14-18-8-3-4-10-20(18)16-28(2)17-21-11-7-13-29-21/h3-13H,14-17H2,1-2H3,(H2,25,26,27). The van der Waals surface area contributed by atoms with E-state index in [0.717, 1.165) is 18.8 Å². The van der Waals surface area contributed by atoms with Crippen LogP contribution in [0.2, 0.25) is 0 Å². The van der Waals surface area contributed by atoms with Crippen LogP contribution in [0.1, 0.15) is 22.5 Å². The maximum absolute atomic E-state index is 13.8. The van der Waals surface area contributed by atoms with E-state index in [-0.39, 0.29) is 5.82 Å². The van der Waals surface area contributed by atoms with E-state index in [4.69, 9.17) is 4.42 Å². The summed E-state index contributed by atoms with van der Waals surface area (Å²) in [6.45, 7) is 2.56. The molecule has 152 valence electrons. The maximum Gasteiger partial charge on any atom is 0.191 e. The van der Waals surface area contributed by atoms with Crippen LogP contribution in [0.5, 0.6) is 0 Å². The Bertz CT molecular complexity index is 924. The fourth-order valence-corrected chi connectivity index (χ4v) is 3.12. The lowest BCUT2D eigenvalue weighted by Crippen LogP contribution is -2.36. The van der Waals surface area contributed by atoms with Gasteiger partial charge in [0.1, 0.15) is 11.6 Å². The lowest BCUT2D eigenvalue weighted by Gasteiger charge is -2.19. The Morgan fingerprint density at radius 1 is 0.897 bits per heavy atom. The monoisotopic (exact) mass is 394 g/mol. The number of nitrogens with zero attached hydrogens (tertiary/aromatic N) is 2. The van der Waals surface area contributed by atoms with Crippen LogP contribution in [0.3, 0.4) is 0 Å². The molecule has 2 aromatic carbocycles. The highest BCUT2D eigenvalue weighted by Gasteiger charge is 2.09. The van der Waals surface area contributed by atoms with Gasteiger partial charge in [-0.25, -0.2) is 4.39 Å². The summed E-state index contributed by atoms with van der Waals surface area (Å²) in [5, 5.41) is 6.48. The SMILES string of the molecule is CN=C(NCc1ccccc1F)NCc1ccccc1CN(C)Cc1ccco1. The zero-order valence-electron chi connectivity index (χ0n) is 16.9. The van der Waals surface area contributed by atoms with Crippen LogP contribution in [-0.4, -0.2) is 25.0 Å². The summed E-state index contributed by atoms with van der Waals surface area (Å²) >= 11 is 0. The van der Waals surface area contributed by atoms with Gasteiger partial charge in [-0.15, -0.1) is 0 Å². The molecule has 3 aromatic rings. The zero-order valence-corrected chi connectivity index (χ0v) is 16.9. The summed E-state index contributed by atoms with van der Waals surface area (Å²) in [6, 6.07) is 18.9. The molecule has 6 heteroatoms. The van der Waals surface area contributed by atoms with Crippen molar-refractivity contribution >= 4 is 5.96 Å². The van der Waals surface area contributed by atoms with Gasteiger partial charge in [-0.2, -0.15) is 0 Å². The van der Waals surface area contributed by atoms with Gasteiger partial charge in [-0.3, -0.25) is 9.89 Å². The zero-order chi connectivity index (χ0) is 20.5. The van der Waals surface area contributed by atoms with Crippen molar-refractivity contribution in [2.75, 3.05) is 14.1 Å². The molecule has 1 heterocycles. The van der Waals surface area contributed by atoms with Gasteiger partial charge >= 0.3 is 0 Å². The van der Waals surface area contributed by atoms with E-state index in [2.05, 4.69) is 39.7 Å². The van der Waals surface area contributed by atoms with Gasteiger partial charge in [0.05, 0.1) is 12.8 Å². The number of halogens is 1. The molecule has 29 heavy (non-hydrogen) atoms. The van der Waals surface area contributed by atoms with Gasteiger partial charge in [-0.05, 0) is 36.4 Å². The van der Waals surface area contributed by atoms with Crippen molar-refractivity contribution in [3.8, 4) is 0 Å². The van der Waals surface area contributed by atoms with Gasteiger partial charge in [0.15, 0.2) is 5.96 Å². The van der Waals surface area contributed by atoms with E-state index in [0.29, 0.717) is 24.6 Å². The number of hydrogen-bond donors (Lipinski definition) is 2. The molecule has 3 rings (SSSR count). The number of furan rings is 1. The molecule has 2 N–H and O–H groups in total. The highest BCUT2D eigenvalue weighted by Crippen LogP contribution is 2.13. The Labute approximate surface area is 171 Å². The molecule has 5 nitrogen and oxygen atoms in total. The van der Waals surface area contributed by atoms with Crippen molar-refractivity contribution in [2.24, 2.45) is 4.99 Å². The first-order valence-electron chi connectivity index (χ1n) is 9.61. The molecule has 0 radical (unpaired) electrons. The Balaban J connectivity index is 1.56. The van der Waals surface area contributed by atoms with Crippen molar-refractivity contribution in [1.29, 1.82) is 0 Å². The molecule has 0 atom stereocenters. The summed E-state index contributed by atoms with van der Waals surface area (Å²) in [5.74, 6) is 1.35. The predicted octanol–water partition coefficient (Wildman–Crippen LogP) is 3.92.